The summed E-state index contributed by atoms with van der Waals surface area (Å²) in [6.45, 7) is 0. The highest BCUT2D eigenvalue weighted by Crippen LogP contribution is 2.47. The molecule has 1 fully saturated rings. The predicted octanol–water partition coefficient (Wildman–Crippen LogP) is 4.12. The molecule has 152 valence electrons. The average Bonchev–Trinajstić information content (AvgIpc) is 3.27. The van der Waals surface area contributed by atoms with Crippen LogP contribution in [0.15, 0.2) is 42.5 Å². The van der Waals surface area contributed by atoms with Crippen LogP contribution in [0.5, 0.6) is 11.5 Å². The first-order valence-corrected chi connectivity index (χ1v) is 9.94. The maximum Gasteiger partial charge on any atom is 0.312 e. The Kier molecular flexibility index (Phi) is 5.24. The van der Waals surface area contributed by atoms with Gasteiger partial charge >= 0.3 is 6.03 Å². The molecule has 2 aliphatic rings. The van der Waals surface area contributed by atoms with Gasteiger partial charge in [0.2, 0.25) is 5.91 Å². The minimum Gasteiger partial charge on any atom is -0.448 e. The quantitative estimate of drug-likeness (QED) is 0.683. The maximum atomic E-state index is 12.6. The standard InChI is InChI=1S/C21H22ClN3O4/c22-14-5-3-13(4-6-14)16(25-20(23)27)12-19(26)24-15-7-8-17-18(11-15)29-21(28-17)9-1-2-10-21/h3-8,11,16H,1-2,9-10,12H2,(H,24,26)(H3,23,25,27). The van der Waals surface area contributed by atoms with E-state index in [2.05, 4.69) is 10.6 Å². The van der Waals surface area contributed by atoms with Crippen LogP contribution >= 0.6 is 11.6 Å². The lowest BCUT2D eigenvalue weighted by molar-refractivity contribution is -0.116. The van der Waals surface area contributed by atoms with Crippen molar-refractivity contribution in [2.45, 2.75) is 43.9 Å². The molecule has 2 aromatic rings. The van der Waals surface area contributed by atoms with Crippen LogP contribution in [0.25, 0.3) is 0 Å². The van der Waals surface area contributed by atoms with Crippen molar-refractivity contribution in [2.75, 3.05) is 5.32 Å². The minimum atomic E-state index is -0.706. The van der Waals surface area contributed by atoms with Gasteiger partial charge in [-0.1, -0.05) is 23.7 Å². The molecule has 0 bridgehead atoms. The van der Waals surface area contributed by atoms with Gasteiger partial charge in [-0.15, -0.1) is 0 Å². The third-order valence-corrected chi connectivity index (χ3v) is 5.42. The van der Waals surface area contributed by atoms with E-state index >= 15 is 0 Å². The van der Waals surface area contributed by atoms with E-state index in [1.165, 1.54) is 0 Å². The lowest BCUT2D eigenvalue weighted by atomic mass is 10.0. The first-order chi connectivity index (χ1) is 13.9. The molecule has 29 heavy (non-hydrogen) atoms. The Labute approximate surface area is 173 Å². The molecule has 0 radical (unpaired) electrons. The van der Waals surface area contributed by atoms with E-state index in [9.17, 15) is 9.59 Å². The zero-order valence-corrected chi connectivity index (χ0v) is 16.5. The number of rotatable bonds is 5. The molecule has 4 N–H and O–H groups in total. The third kappa shape index (κ3) is 4.40. The lowest BCUT2D eigenvalue weighted by Crippen LogP contribution is -2.35. The number of fused-ring (bicyclic) bond motifs is 1. The number of anilines is 1. The van der Waals surface area contributed by atoms with Crippen LogP contribution < -0.4 is 25.8 Å². The Morgan fingerprint density at radius 2 is 1.76 bits per heavy atom. The van der Waals surface area contributed by atoms with Gasteiger partial charge in [0.15, 0.2) is 11.5 Å². The van der Waals surface area contributed by atoms with Crippen molar-refractivity contribution in [1.29, 1.82) is 0 Å². The summed E-state index contributed by atoms with van der Waals surface area (Å²) in [4.78, 5) is 24.0. The Morgan fingerprint density at radius 1 is 1.07 bits per heavy atom. The van der Waals surface area contributed by atoms with E-state index in [-0.39, 0.29) is 12.3 Å². The van der Waals surface area contributed by atoms with Crippen LogP contribution in [0.1, 0.15) is 43.7 Å². The number of amides is 3. The molecule has 1 atom stereocenters. The van der Waals surface area contributed by atoms with Gasteiger partial charge in [-0.05, 0) is 42.7 Å². The van der Waals surface area contributed by atoms with Crippen LogP contribution in [0.4, 0.5) is 10.5 Å². The fourth-order valence-corrected chi connectivity index (χ4v) is 3.93. The number of carbonyl (C=O) groups is 2. The third-order valence-electron chi connectivity index (χ3n) is 5.16. The fourth-order valence-electron chi connectivity index (χ4n) is 3.81. The molecule has 0 saturated heterocycles. The topological polar surface area (TPSA) is 103 Å². The largest absolute Gasteiger partial charge is 0.448 e. The molecule has 2 aromatic carbocycles. The normalized spacial score (nSPS) is 17.1. The SMILES string of the molecule is NC(=O)NC(CC(=O)Nc1ccc2c(c1)OC1(CCCC1)O2)c1ccc(Cl)cc1. The van der Waals surface area contributed by atoms with Gasteiger partial charge in [0.05, 0.1) is 12.5 Å². The van der Waals surface area contributed by atoms with Gasteiger partial charge in [-0.3, -0.25) is 4.79 Å². The number of benzene rings is 2. The second kappa shape index (κ2) is 7.83. The Bertz CT molecular complexity index is 926. The number of halogens is 1. The Hall–Kier alpha value is -2.93. The molecular weight excluding hydrogens is 394 g/mol. The lowest BCUT2D eigenvalue weighted by Gasteiger charge is -2.21. The number of carbonyl (C=O) groups excluding carboxylic acids is 2. The summed E-state index contributed by atoms with van der Waals surface area (Å²) in [5.41, 5.74) is 6.60. The molecule has 8 heteroatoms. The van der Waals surface area contributed by atoms with Crippen LogP contribution in [-0.2, 0) is 4.79 Å². The van der Waals surface area contributed by atoms with Crippen LogP contribution in [0.3, 0.4) is 0 Å². The van der Waals surface area contributed by atoms with Crippen molar-refractivity contribution < 1.29 is 19.1 Å². The number of ether oxygens (including phenoxy) is 2. The van der Waals surface area contributed by atoms with Crippen molar-refractivity contribution in [3.63, 3.8) is 0 Å². The molecule has 1 heterocycles. The van der Waals surface area contributed by atoms with Gasteiger partial charge < -0.3 is 25.8 Å². The second-order valence-corrected chi connectivity index (χ2v) is 7.78. The molecule has 1 spiro atoms. The number of primary amides is 1. The maximum absolute atomic E-state index is 12.6. The summed E-state index contributed by atoms with van der Waals surface area (Å²) >= 11 is 5.91. The molecule has 0 aromatic heterocycles. The summed E-state index contributed by atoms with van der Waals surface area (Å²) in [6, 6.07) is 10.9. The van der Waals surface area contributed by atoms with Gasteiger partial charge in [0, 0.05) is 29.6 Å². The van der Waals surface area contributed by atoms with Crippen molar-refractivity contribution >= 4 is 29.2 Å². The van der Waals surface area contributed by atoms with Crippen molar-refractivity contribution in [3.05, 3.63) is 53.1 Å². The Balaban J connectivity index is 1.43. The molecule has 1 saturated carbocycles. The van der Waals surface area contributed by atoms with Crippen molar-refractivity contribution in [1.82, 2.24) is 5.32 Å². The zero-order chi connectivity index (χ0) is 20.4. The van der Waals surface area contributed by atoms with Crippen molar-refractivity contribution in [3.8, 4) is 11.5 Å². The smallest absolute Gasteiger partial charge is 0.312 e. The molecule has 1 unspecified atom stereocenters. The van der Waals surface area contributed by atoms with Crippen LogP contribution in [-0.4, -0.2) is 17.7 Å². The van der Waals surface area contributed by atoms with Crippen molar-refractivity contribution in [2.24, 2.45) is 5.73 Å². The molecule has 1 aliphatic carbocycles. The first-order valence-electron chi connectivity index (χ1n) is 9.56. The van der Waals surface area contributed by atoms with E-state index in [0.717, 1.165) is 31.2 Å². The van der Waals surface area contributed by atoms with E-state index in [1.807, 2.05) is 0 Å². The average molecular weight is 416 g/mol. The van der Waals surface area contributed by atoms with Crippen LogP contribution in [0, 0.1) is 0 Å². The number of nitrogens with two attached hydrogens (primary N) is 1. The van der Waals surface area contributed by atoms with E-state index in [1.54, 1.807) is 42.5 Å². The monoisotopic (exact) mass is 415 g/mol. The number of nitrogens with one attached hydrogen (secondary N) is 2. The number of urea groups is 1. The molecule has 4 rings (SSSR count). The Morgan fingerprint density at radius 3 is 2.45 bits per heavy atom. The van der Waals surface area contributed by atoms with Gasteiger partial charge in [0.1, 0.15) is 0 Å². The summed E-state index contributed by atoms with van der Waals surface area (Å²) < 4.78 is 12.0. The molecule has 7 nitrogen and oxygen atoms in total. The van der Waals surface area contributed by atoms with Gasteiger partial charge in [0.25, 0.3) is 5.79 Å². The zero-order valence-electron chi connectivity index (χ0n) is 15.7. The molecular formula is C21H22ClN3O4. The van der Waals surface area contributed by atoms with Gasteiger partial charge in [-0.25, -0.2) is 4.79 Å². The molecule has 1 aliphatic heterocycles. The first kappa shape index (κ1) is 19.4. The minimum absolute atomic E-state index is 0.0168. The molecule has 3 amide bonds. The second-order valence-electron chi connectivity index (χ2n) is 7.35. The summed E-state index contributed by atoms with van der Waals surface area (Å²) in [5.74, 6) is 0.512. The van der Waals surface area contributed by atoms with E-state index in [0.29, 0.717) is 22.2 Å². The summed E-state index contributed by atoms with van der Waals surface area (Å²) in [5, 5.41) is 6.01. The highest BCUT2D eigenvalue weighted by Gasteiger charge is 2.44. The van der Waals surface area contributed by atoms with Gasteiger partial charge in [-0.2, -0.15) is 0 Å². The summed E-state index contributed by atoms with van der Waals surface area (Å²) in [6.07, 6.45) is 3.91. The highest BCUT2D eigenvalue weighted by atomic mass is 35.5. The number of hydrogen-bond donors (Lipinski definition) is 3. The van der Waals surface area contributed by atoms with E-state index in [4.69, 9.17) is 26.8 Å². The summed E-state index contributed by atoms with van der Waals surface area (Å²) in [7, 11) is 0. The highest BCUT2D eigenvalue weighted by molar-refractivity contribution is 6.30. The van der Waals surface area contributed by atoms with Crippen LogP contribution in [0.2, 0.25) is 5.02 Å². The fraction of sp³-hybridized carbons (Fsp3) is 0.333. The number of hydrogen-bond acceptors (Lipinski definition) is 4. The van der Waals surface area contributed by atoms with E-state index < -0.39 is 17.9 Å². The predicted molar refractivity (Wildman–Crippen MR) is 109 cm³/mol.